The molecule has 0 radical (unpaired) electrons. The Morgan fingerprint density at radius 3 is 2.65 bits per heavy atom. The van der Waals surface area contributed by atoms with Crippen LogP contribution in [0.3, 0.4) is 0 Å². The molecule has 0 aliphatic rings. The first-order valence-electron chi connectivity index (χ1n) is 6.56. The maximum absolute atomic E-state index is 11.6. The summed E-state index contributed by atoms with van der Waals surface area (Å²) < 4.78 is 0. The van der Waals surface area contributed by atoms with Crippen molar-refractivity contribution in [1.82, 2.24) is 5.43 Å². The molecule has 2 aromatic rings. The minimum atomic E-state index is -0.230. The number of nitrogens with two attached hydrogens (primary N) is 1. The van der Waals surface area contributed by atoms with Crippen molar-refractivity contribution in [3.8, 4) is 0 Å². The van der Waals surface area contributed by atoms with Gasteiger partial charge in [-0.2, -0.15) is 0 Å². The van der Waals surface area contributed by atoms with E-state index in [1.165, 1.54) is 22.6 Å². The van der Waals surface area contributed by atoms with Gasteiger partial charge >= 0.3 is 0 Å². The van der Waals surface area contributed by atoms with Crippen molar-refractivity contribution in [3.63, 3.8) is 0 Å². The molecule has 0 aliphatic carbocycles. The van der Waals surface area contributed by atoms with Gasteiger partial charge in [-0.3, -0.25) is 10.2 Å². The number of nitrogen functional groups attached to an aromatic ring is 1. The second-order valence-electron chi connectivity index (χ2n) is 4.52. The van der Waals surface area contributed by atoms with Crippen molar-refractivity contribution in [2.75, 3.05) is 11.4 Å². The number of amides is 1. The molecule has 1 amide bonds. The highest BCUT2D eigenvalue weighted by molar-refractivity contribution is 7.14. The largest absolute Gasteiger partial charge is 0.367 e. The molecule has 0 saturated carbocycles. The standard InChI is InChI=1S/C15H19N3OS/c1-3-18(13-7-5-4-6-8-13)10-12-9-14(15(19)17-16)20-11(12)2/h4-9H,3,10,16H2,1-2H3,(H,17,19). The summed E-state index contributed by atoms with van der Waals surface area (Å²) in [6.45, 7) is 5.87. The highest BCUT2D eigenvalue weighted by Crippen LogP contribution is 2.25. The molecule has 4 nitrogen and oxygen atoms in total. The molecule has 3 N–H and O–H groups in total. The minimum Gasteiger partial charge on any atom is -0.367 e. The number of para-hydroxylation sites is 1. The molecule has 2 rings (SSSR count). The molecule has 0 aliphatic heterocycles. The highest BCUT2D eigenvalue weighted by atomic mass is 32.1. The van der Waals surface area contributed by atoms with Gasteiger partial charge in [0.25, 0.3) is 5.91 Å². The first kappa shape index (κ1) is 14.6. The SMILES string of the molecule is CCN(Cc1cc(C(=O)NN)sc1C)c1ccccc1. The lowest BCUT2D eigenvalue weighted by Gasteiger charge is -2.23. The average molecular weight is 289 g/mol. The van der Waals surface area contributed by atoms with E-state index in [1.807, 2.05) is 31.2 Å². The van der Waals surface area contributed by atoms with Crippen LogP contribution >= 0.6 is 11.3 Å². The van der Waals surface area contributed by atoms with E-state index in [9.17, 15) is 4.79 Å². The number of anilines is 1. The van der Waals surface area contributed by atoms with Gasteiger partial charge < -0.3 is 4.90 Å². The number of benzene rings is 1. The monoisotopic (exact) mass is 289 g/mol. The van der Waals surface area contributed by atoms with Gasteiger partial charge in [-0.15, -0.1) is 11.3 Å². The van der Waals surface area contributed by atoms with E-state index in [4.69, 9.17) is 5.84 Å². The van der Waals surface area contributed by atoms with Crippen LogP contribution in [0, 0.1) is 6.92 Å². The van der Waals surface area contributed by atoms with E-state index in [0.29, 0.717) is 4.88 Å². The lowest BCUT2D eigenvalue weighted by atomic mass is 10.2. The van der Waals surface area contributed by atoms with Gasteiger partial charge in [0.2, 0.25) is 0 Å². The summed E-state index contributed by atoms with van der Waals surface area (Å²) in [5.41, 5.74) is 4.53. The van der Waals surface area contributed by atoms with Crippen molar-refractivity contribution < 1.29 is 4.79 Å². The number of hydrogen-bond donors (Lipinski definition) is 2. The lowest BCUT2D eigenvalue weighted by molar-refractivity contribution is 0.0957. The molecular weight excluding hydrogens is 270 g/mol. The number of carbonyl (C=O) groups is 1. The fourth-order valence-electron chi connectivity index (χ4n) is 2.09. The number of carbonyl (C=O) groups excluding carboxylic acids is 1. The molecule has 0 saturated heterocycles. The third-order valence-corrected chi connectivity index (χ3v) is 4.33. The van der Waals surface area contributed by atoms with Gasteiger partial charge in [0.15, 0.2) is 0 Å². The van der Waals surface area contributed by atoms with Gasteiger partial charge in [-0.05, 0) is 37.6 Å². The average Bonchev–Trinajstić information content (AvgIpc) is 2.86. The Morgan fingerprint density at radius 1 is 1.35 bits per heavy atom. The van der Waals surface area contributed by atoms with E-state index in [-0.39, 0.29) is 5.91 Å². The normalized spacial score (nSPS) is 10.3. The van der Waals surface area contributed by atoms with Crippen LogP contribution in [0.15, 0.2) is 36.4 Å². The molecule has 0 bridgehead atoms. The first-order chi connectivity index (χ1) is 9.65. The summed E-state index contributed by atoms with van der Waals surface area (Å²) in [6, 6.07) is 12.2. The van der Waals surface area contributed by atoms with Crippen molar-refractivity contribution >= 4 is 22.9 Å². The number of hydrazine groups is 1. The topological polar surface area (TPSA) is 58.4 Å². The lowest BCUT2D eigenvalue weighted by Crippen LogP contribution is -2.29. The zero-order valence-electron chi connectivity index (χ0n) is 11.7. The number of aryl methyl sites for hydroxylation is 1. The van der Waals surface area contributed by atoms with Gasteiger partial charge in [0.05, 0.1) is 4.88 Å². The van der Waals surface area contributed by atoms with Crippen molar-refractivity contribution in [2.45, 2.75) is 20.4 Å². The van der Waals surface area contributed by atoms with Crippen LogP contribution in [0.2, 0.25) is 0 Å². The van der Waals surface area contributed by atoms with E-state index in [0.717, 1.165) is 18.0 Å². The zero-order chi connectivity index (χ0) is 14.5. The molecule has 1 aromatic heterocycles. The van der Waals surface area contributed by atoms with Gasteiger partial charge in [0, 0.05) is 23.7 Å². The molecule has 0 unspecified atom stereocenters. The Morgan fingerprint density at radius 2 is 2.05 bits per heavy atom. The Balaban J connectivity index is 2.20. The molecule has 0 fully saturated rings. The van der Waals surface area contributed by atoms with Crippen LogP contribution in [0.5, 0.6) is 0 Å². The number of hydrogen-bond acceptors (Lipinski definition) is 4. The van der Waals surface area contributed by atoms with E-state index in [2.05, 4.69) is 29.4 Å². The quantitative estimate of drug-likeness (QED) is 0.505. The molecular formula is C15H19N3OS. The summed E-state index contributed by atoms with van der Waals surface area (Å²) in [5, 5.41) is 0. The Labute approximate surface area is 123 Å². The van der Waals surface area contributed by atoms with Crippen LogP contribution < -0.4 is 16.2 Å². The smallest absolute Gasteiger partial charge is 0.275 e. The Hall–Kier alpha value is -1.85. The van der Waals surface area contributed by atoms with Crippen molar-refractivity contribution in [3.05, 3.63) is 51.7 Å². The Kier molecular flexibility index (Phi) is 4.76. The molecule has 1 heterocycles. The van der Waals surface area contributed by atoms with Crippen LogP contribution in [0.1, 0.15) is 27.0 Å². The summed E-state index contributed by atoms with van der Waals surface area (Å²) in [5.74, 6) is 4.95. The minimum absolute atomic E-state index is 0.230. The molecule has 20 heavy (non-hydrogen) atoms. The highest BCUT2D eigenvalue weighted by Gasteiger charge is 2.13. The van der Waals surface area contributed by atoms with Gasteiger partial charge in [-0.25, -0.2) is 5.84 Å². The van der Waals surface area contributed by atoms with Crippen molar-refractivity contribution in [2.24, 2.45) is 5.84 Å². The molecule has 0 spiro atoms. The summed E-state index contributed by atoms with van der Waals surface area (Å²) in [6.07, 6.45) is 0. The Bertz CT molecular complexity index is 580. The number of nitrogens with one attached hydrogen (secondary N) is 1. The van der Waals surface area contributed by atoms with Crippen LogP contribution in [0.4, 0.5) is 5.69 Å². The number of thiophene rings is 1. The fourth-order valence-corrected chi connectivity index (χ4v) is 3.03. The van der Waals surface area contributed by atoms with E-state index in [1.54, 1.807) is 0 Å². The third-order valence-electron chi connectivity index (χ3n) is 3.24. The maximum atomic E-state index is 11.6. The predicted molar refractivity (Wildman–Crippen MR) is 83.9 cm³/mol. The van der Waals surface area contributed by atoms with Crippen molar-refractivity contribution in [1.29, 1.82) is 0 Å². The number of nitrogens with zero attached hydrogens (tertiary/aromatic N) is 1. The fraction of sp³-hybridized carbons (Fsp3) is 0.267. The molecule has 1 aromatic carbocycles. The molecule has 0 atom stereocenters. The van der Waals surface area contributed by atoms with E-state index < -0.39 is 0 Å². The second-order valence-corrected chi connectivity index (χ2v) is 5.77. The summed E-state index contributed by atoms with van der Waals surface area (Å²) in [7, 11) is 0. The summed E-state index contributed by atoms with van der Waals surface area (Å²) >= 11 is 1.48. The van der Waals surface area contributed by atoms with Gasteiger partial charge in [-0.1, -0.05) is 18.2 Å². The molecule has 106 valence electrons. The predicted octanol–water partition coefficient (Wildman–Crippen LogP) is 2.69. The van der Waals surface area contributed by atoms with Crippen LogP contribution in [-0.4, -0.2) is 12.5 Å². The first-order valence-corrected chi connectivity index (χ1v) is 7.37. The molecule has 5 heteroatoms. The zero-order valence-corrected chi connectivity index (χ0v) is 12.5. The third kappa shape index (κ3) is 3.18. The summed E-state index contributed by atoms with van der Waals surface area (Å²) in [4.78, 5) is 15.6. The number of rotatable bonds is 5. The van der Waals surface area contributed by atoms with Gasteiger partial charge in [0.1, 0.15) is 0 Å². The second kappa shape index (κ2) is 6.54. The van der Waals surface area contributed by atoms with E-state index >= 15 is 0 Å². The van der Waals surface area contributed by atoms with Crippen LogP contribution in [-0.2, 0) is 6.54 Å². The van der Waals surface area contributed by atoms with Crippen LogP contribution in [0.25, 0.3) is 0 Å². The maximum Gasteiger partial charge on any atom is 0.275 e.